The molecule has 1 saturated heterocycles. The maximum Gasteiger partial charge on any atom is 0.272 e. The van der Waals surface area contributed by atoms with Crippen molar-refractivity contribution in [3.63, 3.8) is 0 Å². The molecule has 0 spiro atoms. The van der Waals surface area contributed by atoms with Crippen LogP contribution in [0.4, 0.5) is 4.39 Å². The van der Waals surface area contributed by atoms with Gasteiger partial charge in [-0.1, -0.05) is 12.1 Å². The highest BCUT2D eigenvalue weighted by Crippen LogP contribution is 2.15. The minimum absolute atomic E-state index is 0. The number of carbonyl (C=O) groups excluding carboxylic acids is 1. The fraction of sp³-hybridized carbons (Fsp3) is 0.294. The maximum absolute atomic E-state index is 13.1. The van der Waals surface area contributed by atoms with Gasteiger partial charge in [-0.25, -0.2) is 4.39 Å². The summed E-state index contributed by atoms with van der Waals surface area (Å²) >= 11 is 0. The molecular formula is C17H19ClFN3O2. The van der Waals surface area contributed by atoms with Crippen molar-refractivity contribution in [3.05, 3.63) is 59.7 Å². The number of rotatable bonds is 4. The highest BCUT2D eigenvalue weighted by Gasteiger charge is 2.19. The van der Waals surface area contributed by atoms with Gasteiger partial charge < -0.3 is 15.0 Å². The van der Waals surface area contributed by atoms with Crippen LogP contribution in [-0.2, 0) is 6.61 Å². The Labute approximate surface area is 146 Å². The van der Waals surface area contributed by atoms with Gasteiger partial charge >= 0.3 is 0 Å². The molecule has 0 aliphatic carbocycles. The number of halogens is 2. The average Bonchev–Trinajstić information content (AvgIpc) is 2.60. The Morgan fingerprint density at radius 1 is 1.25 bits per heavy atom. The molecule has 2 heterocycles. The van der Waals surface area contributed by atoms with Crippen LogP contribution in [0.5, 0.6) is 5.75 Å². The molecule has 0 unspecified atom stereocenters. The number of aromatic nitrogens is 1. The highest BCUT2D eigenvalue weighted by atomic mass is 35.5. The van der Waals surface area contributed by atoms with Crippen molar-refractivity contribution in [2.45, 2.75) is 6.61 Å². The van der Waals surface area contributed by atoms with Crippen molar-refractivity contribution in [1.82, 2.24) is 15.2 Å². The molecule has 1 aromatic heterocycles. The summed E-state index contributed by atoms with van der Waals surface area (Å²) in [5.74, 6) is 0.154. The molecule has 2 aromatic rings. The zero-order valence-electron chi connectivity index (χ0n) is 13.1. The minimum Gasteiger partial charge on any atom is -0.489 e. The molecule has 0 radical (unpaired) electrons. The van der Waals surface area contributed by atoms with Crippen molar-refractivity contribution in [2.75, 3.05) is 26.2 Å². The molecule has 0 bridgehead atoms. The van der Waals surface area contributed by atoms with Crippen LogP contribution in [0.1, 0.15) is 16.1 Å². The number of nitrogens with zero attached hydrogens (tertiary/aromatic N) is 2. The van der Waals surface area contributed by atoms with Crippen LogP contribution in [-0.4, -0.2) is 42.0 Å². The van der Waals surface area contributed by atoms with Gasteiger partial charge in [-0.3, -0.25) is 9.78 Å². The van der Waals surface area contributed by atoms with Crippen LogP contribution in [0.2, 0.25) is 0 Å². The zero-order chi connectivity index (χ0) is 16.1. The average molecular weight is 352 g/mol. The molecular weight excluding hydrogens is 333 g/mol. The summed E-state index contributed by atoms with van der Waals surface area (Å²) in [4.78, 5) is 18.3. The molecule has 3 rings (SSSR count). The number of pyridine rings is 1. The van der Waals surface area contributed by atoms with Gasteiger partial charge in [0.25, 0.3) is 5.91 Å². The van der Waals surface area contributed by atoms with Crippen molar-refractivity contribution in [2.24, 2.45) is 0 Å². The second-order valence-corrected chi connectivity index (χ2v) is 5.34. The van der Waals surface area contributed by atoms with Crippen LogP contribution in [0.3, 0.4) is 0 Å². The van der Waals surface area contributed by atoms with Crippen molar-refractivity contribution in [3.8, 4) is 5.75 Å². The summed E-state index contributed by atoms with van der Waals surface area (Å²) < 4.78 is 18.8. The molecule has 0 atom stereocenters. The van der Waals surface area contributed by atoms with Crippen LogP contribution in [0, 0.1) is 5.82 Å². The molecule has 128 valence electrons. The summed E-state index contributed by atoms with van der Waals surface area (Å²) in [6.45, 7) is 3.18. The van der Waals surface area contributed by atoms with E-state index >= 15 is 0 Å². The van der Waals surface area contributed by atoms with Crippen LogP contribution in [0.15, 0.2) is 42.6 Å². The Hall–Kier alpha value is -2.18. The Morgan fingerprint density at radius 2 is 2.04 bits per heavy atom. The van der Waals surface area contributed by atoms with Crippen molar-refractivity contribution >= 4 is 18.3 Å². The first-order valence-corrected chi connectivity index (χ1v) is 7.56. The summed E-state index contributed by atoms with van der Waals surface area (Å²) in [7, 11) is 0. The summed E-state index contributed by atoms with van der Waals surface area (Å²) in [5.41, 5.74) is 1.10. The van der Waals surface area contributed by atoms with Crippen LogP contribution < -0.4 is 10.1 Å². The Bertz CT molecular complexity index is 693. The number of amides is 1. The summed E-state index contributed by atoms with van der Waals surface area (Å²) in [6, 6.07) is 9.56. The van der Waals surface area contributed by atoms with Gasteiger partial charge in [-0.05, 0) is 23.8 Å². The predicted molar refractivity (Wildman–Crippen MR) is 91.0 cm³/mol. The number of piperazine rings is 1. The molecule has 7 heteroatoms. The minimum atomic E-state index is -0.296. The molecule has 1 aliphatic heterocycles. The maximum atomic E-state index is 13.1. The second kappa shape index (κ2) is 8.61. The van der Waals surface area contributed by atoms with Gasteiger partial charge in [0, 0.05) is 38.4 Å². The number of benzene rings is 1. The van der Waals surface area contributed by atoms with Gasteiger partial charge in [-0.15, -0.1) is 12.4 Å². The summed E-state index contributed by atoms with van der Waals surface area (Å²) in [6.07, 6.45) is 1.55. The number of hydrogen-bond donors (Lipinski definition) is 1. The Morgan fingerprint density at radius 3 is 2.79 bits per heavy atom. The Kier molecular flexibility index (Phi) is 6.52. The third-order valence-corrected chi connectivity index (χ3v) is 3.65. The van der Waals surface area contributed by atoms with Crippen LogP contribution >= 0.6 is 12.4 Å². The van der Waals surface area contributed by atoms with E-state index in [9.17, 15) is 9.18 Å². The quantitative estimate of drug-likeness (QED) is 0.918. The van der Waals surface area contributed by atoms with E-state index in [-0.39, 0.29) is 30.7 Å². The van der Waals surface area contributed by atoms with E-state index in [0.717, 1.165) is 18.7 Å². The van der Waals surface area contributed by atoms with E-state index in [1.54, 1.807) is 35.4 Å². The molecule has 1 amide bonds. The normalized spacial score (nSPS) is 14.0. The molecule has 0 saturated carbocycles. The molecule has 1 aliphatic rings. The number of hydrogen-bond acceptors (Lipinski definition) is 4. The van der Waals surface area contributed by atoms with E-state index in [0.29, 0.717) is 24.5 Å². The van der Waals surface area contributed by atoms with Crippen molar-refractivity contribution in [1.29, 1.82) is 0 Å². The lowest BCUT2D eigenvalue weighted by Crippen LogP contribution is -2.46. The second-order valence-electron chi connectivity index (χ2n) is 5.34. The topological polar surface area (TPSA) is 54.5 Å². The first kappa shape index (κ1) is 18.2. The standard InChI is InChI=1S/C17H18FN3O2.ClH/c18-14-3-1-2-13(10-14)12-23-15-4-5-20-16(11-15)17(22)21-8-6-19-7-9-21;/h1-5,10-11,19H,6-9,12H2;1H. The molecule has 1 aromatic carbocycles. The number of nitrogens with one attached hydrogen (secondary N) is 1. The smallest absolute Gasteiger partial charge is 0.272 e. The largest absolute Gasteiger partial charge is 0.489 e. The number of ether oxygens (including phenoxy) is 1. The van der Waals surface area contributed by atoms with E-state index in [1.807, 2.05) is 0 Å². The lowest BCUT2D eigenvalue weighted by atomic mass is 10.2. The molecule has 1 fully saturated rings. The number of carbonyl (C=O) groups is 1. The third kappa shape index (κ3) is 4.66. The van der Waals surface area contributed by atoms with Crippen LogP contribution in [0.25, 0.3) is 0 Å². The van der Waals surface area contributed by atoms with Gasteiger partial charge in [0.2, 0.25) is 0 Å². The van der Waals surface area contributed by atoms with E-state index in [2.05, 4.69) is 10.3 Å². The van der Waals surface area contributed by atoms with Gasteiger partial charge in [0.1, 0.15) is 23.9 Å². The molecule has 1 N–H and O–H groups in total. The third-order valence-electron chi connectivity index (χ3n) is 3.65. The predicted octanol–water partition coefficient (Wildman–Crippen LogP) is 2.27. The SMILES string of the molecule is Cl.O=C(c1cc(OCc2cccc(F)c2)ccn1)N1CCNCC1. The highest BCUT2D eigenvalue weighted by molar-refractivity contribution is 5.92. The lowest BCUT2D eigenvalue weighted by Gasteiger charge is -2.27. The fourth-order valence-corrected chi connectivity index (χ4v) is 2.44. The molecule has 5 nitrogen and oxygen atoms in total. The first-order chi connectivity index (χ1) is 11.2. The summed E-state index contributed by atoms with van der Waals surface area (Å²) in [5, 5.41) is 3.21. The Balaban J connectivity index is 0.00000208. The van der Waals surface area contributed by atoms with Gasteiger partial charge in [0.15, 0.2) is 0 Å². The van der Waals surface area contributed by atoms with E-state index < -0.39 is 0 Å². The van der Waals surface area contributed by atoms with Crippen molar-refractivity contribution < 1.29 is 13.9 Å². The van der Waals surface area contributed by atoms with E-state index in [1.165, 1.54) is 12.1 Å². The fourth-order valence-electron chi connectivity index (χ4n) is 2.44. The van der Waals surface area contributed by atoms with E-state index in [4.69, 9.17) is 4.74 Å². The zero-order valence-corrected chi connectivity index (χ0v) is 13.9. The molecule has 24 heavy (non-hydrogen) atoms. The monoisotopic (exact) mass is 351 g/mol. The first-order valence-electron chi connectivity index (χ1n) is 7.56. The van der Waals surface area contributed by atoms with Gasteiger partial charge in [0.05, 0.1) is 0 Å². The van der Waals surface area contributed by atoms with Gasteiger partial charge in [-0.2, -0.15) is 0 Å². The lowest BCUT2D eigenvalue weighted by molar-refractivity contribution is 0.0729.